The fourth-order valence-electron chi connectivity index (χ4n) is 1.66. The molecule has 0 radical (unpaired) electrons. The molecule has 0 saturated carbocycles. The molecule has 2 aromatic heterocycles. The molecular formula is C13H7BrFN3OSe. The molecule has 20 heavy (non-hydrogen) atoms. The van der Waals surface area contributed by atoms with Crippen molar-refractivity contribution in [2.75, 3.05) is 5.32 Å². The Morgan fingerprint density at radius 1 is 1.30 bits per heavy atom. The van der Waals surface area contributed by atoms with Crippen molar-refractivity contribution in [3.63, 3.8) is 0 Å². The first-order valence-corrected chi connectivity index (χ1v) is 8.12. The summed E-state index contributed by atoms with van der Waals surface area (Å²) in [6.07, 6.45) is 1.49. The van der Waals surface area contributed by atoms with Crippen LogP contribution in [0.2, 0.25) is 0 Å². The van der Waals surface area contributed by atoms with Crippen LogP contribution < -0.4 is 5.32 Å². The predicted molar refractivity (Wildman–Crippen MR) is 78.5 cm³/mol. The number of pyridine rings is 1. The van der Waals surface area contributed by atoms with Crippen molar-refractivity contribution < 1.29 is 9.18 Å². The van der Waals surface area contributed by atoms with E-state index in [1.807, 2.05) is 6.07 Å². The van der Waals surface area contributed by atoms with E-state index in [2.05, 4.69) is 31.2 Å². The molecule has 0 bridgehead atoms. The average Bonchev–Trinajstić information content (AvgIpc) is 2.87. The van der Waals surface area contributed by atoms with Crippen LogP contribution in [0.3, 0.4) is 0 Å². The Kier molecular flexibility index (Phi) is 3.65. The zero-order chi connectivity index (χ0) is 14.1. The maximum atomic E-state index is 13.9. The first-order chi connectivity index (χ1) is 9.65. The number of halogens is 2. The van der Waals surface area contributed by atoms with Crippen molar-refractivity contribution >= 4 is 50.8 Å². The number of anilines is 1. The van der Waals surface area contributed by atoms with E-state index in [-0.39, 0.29) is 25.0 Å². The summed E-state index contributed by atoms with van der Waals surface area (Å²) < 4.78 is 15.0. The number of fused-ring (bicyclic) bond motifs is 1. The summed E-state index contributed by atoms with van der Waals surface area (Å²) in [4.78, 5) is 20.1. The van der Waals surface area contributed by atoms with Gasteiger partial charge in [0.2, 0.25) is 0 Å². The van der Waals surface area contributed by atoms with E-state index in [9.17, 15) is 9.18 Å². The number of hydrogen-bond acceptors (Lipinski definition) is 3. The summed E-state index contributed by atoms with van der Waals surface area (Å²) in [5, 5.41) is 2.72. The Morgan fingerprint density at radius 2 is 2.05 bits per heavy atom. The van der Waals surface area contributed by atoms with Gasteiger partial charge in [0.1, 0.15) is 0 Å². The number of aromatic nitrogens is 2. The topological polar surface area (TPSA) is 54.9 Å². The van der Waals surface area contributed by atoms with Gasteiger partial charge < -0.3 is 0 Å². The molecule has 4 nitrogen and oxygen atoms in total. The van der Waals surface area contributed by atoms with Crippen LogP contribution in [0.1, 0.15) is 10.4 Å². The van der Waals surface area contributed by atoms with Crippen molar-refractivity contribution in [2.24, 2.45) is 0 Å². The molecule has 0 aliphatic heterocycles. The second-order valence-corrected chi connectivity index (χ2v) is 6.76. The molecule has 3 rings (SSSR count). The van der Waals surface area contributed by atoms with Gasteiger partial charge in [-0.3, -0.25) is 0 Å². The summed E-state index contributed by atoms with van der Waals surface area (Å²) >= 11 is 2.68. The number of amides is 1. The van der Waals surface area contributed by atoms with E-state index >= 15 is 0 Å². The minimum absolute atomic E-state index is 0.170. The third kappa shape index (κ3) is 2.52. The number of rotatable bonds is 2. The third-order valence-electron chi connectivity index (χ3n) is 2.59. The number of carbonyl (C=O) groups is 1. The fraction of sp³-hybridized carbons (Fsp3) is 0. The van der Waals surface area contributed by atoms with Crippen LogP contribution in [-0.4, -0.2) is 30.4 Å². The standard InChI is InChI=1S/C13H7BrFN3OSe/c14-11-9(15)10-8(6-16-11)17-13(20-10)18-12(19)7-4-2-1-3-5-7/h1-6H,(H,17,18,19). The van der Waals surface area contributed by atoms with Crippen LogP contribution in [-0.2, 0) is 0 Å². The normalized spacial score (nSPS) is 10.7. The second-order valence-electron chi connectivity index (χ2n) is 3.92. The molecule has 7 heteroatoms. The third-order valence-corrected chi connectivity index (χ3v) is 5.20. The molecule has 0 unspecified atom stereocenters. The predicted octanol–water partition coefficient (Wildman–Crippen LogP) is 2.84. The zero-order valence-electron chi connectivity index (χ0n) is 9.93. The number of nitrogens with one attached hydrogen (secondary N) is 1. The van der Waals surface area contributed by atoms with Crippen molar-refractivity contribution in [1.29, 1.82) is 0 Å². The van der Waals surface area contributed by atoms with Crippen molar-refractivity contribution in [2.45, 2.75) is 0 Å². The van der Waals surface area contributed by atoms with Gasteiger partial charge in [0, 0.05) is 0 Å². The Bertz CT molecular complexity index is 791. The molecule has 0 fully saturated rings. The van der Waals surface area contributed by atoms with E-state index < -0.39 is 5.82 Å². The molecule has 0 atom stereocenters. The van der Waals surface area contributed by atoms with Crippen LogP contribution in [0.4, 0.5) is 9.08 Å². The van der Waals surface area contributed by atoms with Crippen LogP contribution in [0.15, 0.2) is 41.1 Å². The Labute approximate surface area is 127 Å². The summed E-state index contributed by atoms with van der Waals surface area (Å²) in [6.45, 7) is 0. The van der Waals surface area contributed by atoms with Gasteiger partial charge in [-0.2, -0.15) is 0 Å². The molecule has 0 saturated heterocycles. The van der Waals surface area contributed by atoms with Gasteiger partial charge in [-0.1, -0.05) is 0 Å². The SMILES string of the molecule is O=C(Nc1nc2cnc(Br)c(F)c2[se]1)c1ccccc1. The maximum absolute atomic E-state index is 13.9. The van der Waals surface area contributed by atoms with Gasteiger partial charge in [0.25, 0.3) is 0 Å². The Balaban J connectivity index is 1.92. The van der Waals surface area contributed by atoms with E-state index in [0.717, 1.165) is 0 Å². The van der Waals surface area contributed by atoms with Crippen LogP contribution in [0, 0.1) is 5.82 Å². The second kappa shape index (κ2) is 5.44. The van der Waals surface area contributed by atoms with Gasteiger partial charge in [0.15, 0.2) is 0 Å². The quantitative estimate of drug-likeness (QED) is 0.533. The summed E-state index contributed by atoms with van der Waals surface area (Å²) in [6, 6.07) is 8.83. The van der Waals surface area contributed by atoms with Gasteiger partial charge in [-0.25, -0.2) is 0 Å². The van der Waals surface area contributed by atoms with E-state index in [0.29, 0.717) is 20.0 Å². The number of nitrogens with zero attached hydrogens (tertiary/aromatic N) is 2. The monoisotopic (exact) mass is 399 g/mol. The van der Waals surface area contributed by atoms with E-state index in [4.69, 9.17) is 0 Å². The minimum atomic E-state index is -0.407. The molecule has 100 valence electrons. The van der Waals surface area contributed by atoms with Crippen LogP contribution >= 0.6 is 15.9 Å². The fourth-order valence-corrected chi connectivity index (χ4v) is 4.08. The van der Waals surface area contributed by atoms with Crippen LogP contribution in [0.25, 0.3) is 9.78 Å². The molecule has 2 heterocycles. The number of hydrogen-bond donors (Lipinski definition) is 1. The van der Waals surface area contributed by atoms with Crippen molar-refractivity contribution in [1.82, 2.24) is 9.97 Å². The molecule has 3 aromatic rings. The molecule has 0 spiro atoms. The number of carbonyl (C=O) groups excluding carboxylic acids is 1. The summed E-state index contributed by atoms with van der Waals surface area (Å²) in [7, 11) is 0. The van der Waals surface area contributed by atoms with Gasteiger partial charge >= 0.3 is 128 Å². The molecule has 0 aliphatic carbocycles. The summed E-state index contributed by atoms with van der Waals surface area (Å²) in [5.41, 5.74) is 1.02. The Morgan fingerprint density at radius 3 is 2.80 bits per heavy atom. The van der Waals surface area contributed by atoms with E-state index in [1.54, 1.807) is 24.3 Å². The van der Waals surface area contributed by atoms with Gasteiger partial charge in [-0.05, 0) is 0 Å². The van der Waals surface area contributed by atoms with Gasteiger partial charge in [-0.15, -0.1) is 0 Å². The van der Waals surface area contributed by atoms with E-state index in [1.165, 1.54) is 6.20 Å². The molecular weight excluding hydrogens is 392 g/mol. The molecule has 1 aromatic carbocycles. The first kappa shape index (κ1) is 13.4. The molecule has 0 aliphatic rings. The molecule has 1 amide bonds. The van der Waals surface area contributed by atoms with Crippen molar-refractivity contribution in [3.8, 4) is 0 Å². The first-order valence-electron chi connectivity index (χ1n) is 5.62. The van der Waals surface area contributed by atoms with Crippen LogP contribution in [0.5, 0.6) is 0 Å². The number of benzene rings is 1. The summed E-state index contributed by atoms with van der Waals surface area (Å²) in [5.74, 6) is -0.651. The average molecular weight is 399 g/mol. The zero-order valence-corrected chi connectivity index (χ0v) is 13.2. The Hall–Kier alpha value is -1.56. The van der Waals surface area contributed by atoms with Crippen molar-refractivity contribution in [3.05, 3.63) is 52.5 Å². The van der Waals surface area contributed by atoms with Gasteiger partial charge in [0.05, 0.1) is 0 Å². The molecule has 1 N–H and O–H groups in total.